The number of aromatic nitrogens is 1. The van der Waals surface area contributed by atoms with Crippen molar-refractivity contribution in [3.8, 4) is 0 Å². The first-order valence-corrected chi connectivity index (χ1v) is 9.85. The number of rotatable bonds is 4. The van der Waals surface area contributed by atoms with Gasteiger partial charge in [-0.1, -0.05) is 61.0 Å². The van der Waals surface area contributed by atoms with Crippen LogP contribution in [0.1, 0.15) is 41.8 Å². The highest BCUT2D eigenvalue weighted by molar-refractivity contribution is 6.31. The zero-order valence-corrected chi connectivity index (χ0v) is 16.0. The average Bonchev–Trinajstić information content (AvgIpc) is 3.05. The summed E-state index contributed by atoms with van der Waals surface area (Å²) in [6, 6.07) is 22.0. The van der Waals surface area contributed by atoms with Crippen molar-refractivity contribution in [3.05, 3.63) is 94.3 Å². The van der Waals surface area contributed by atoms with E-state index in [4.69, 9.17) is 11.6 Å². The second kappa shape index (κ2) is 7.69. The molecule has 2 aromatic carbocycles. The molecule has 4 rings (SSSR count). The minimum atomic E-state index is 0.259. The number of nitrogens with zero attached hydrogens (tertiary/aromatic N) is 2. The molecule has 2 nitrogen and oxygen atoms in total. The van der Waals surface area contributed by atoms with Crippen LogP contribution in [0, 0.1) is 0 Å². The quantitative estimate of drug-likeness (QED) is 0.576. The maximum Gasteiger partial charge on any atom is 0.0759 e. The first kappa shape index (κ1) is 17.4. The average molecular weight is 365 g/mol. The van der Waals surface area contributed by atoms with Crippen LogP contribution in [0.25, 0.3) is 0 Å². The van der Waals surface area contributed by atoms with Gasteiger partial charge in [-0.15, -0.1) is 0 Å². The van der Waals surface area contributed by atoms with Crippen LogP contribution in [-0.4, -0.2) is 16.0 Å². The van der Waals surface area contributed by atoms with Crippen LogP contribution in [-0.2, 0) is 19.5 Å². The van der Waals surface area contributed by atoms with E-state index < -0.39 is 0 Å². The van der Waals surface area contributed by atoms with Gasteiger partial charge in [0.25, 0.3) is 0 Å². The molecule has 1 aromatic heterocycles. The second-order valence-electron chi connectivity index (χ2n) is 7.04. The third-order valence-electron chi connectivity index (χ3n) is 5.39. The molecule has 1 unspecified atom stereocenters. The number of aryl methyl sites for hydroxylation is 2. The van der Waals surface area contributed by atoms with Gasteiger partial charge in [0.2, 0.25) is 0 Å². The highest BCUT2D eigenvalue weighted by atomic mass is 35.5. The Hall–Kier alpha value is -2.03. The molecule has 0 aliphatic carbocycles. The Labute approximate surface area is 161 Å². The van der Waals surface area contributed by atoms with Crippen molar-refractivity contribution in [2.24, 2.45) is 0 Å². The third kappa shape index (κ3) is 3.44. The summed E-state index contributed by atoms with van der Waals surface area (Å²) in [5.41, 5.74) is 5.31. The first-order chi connectivity index (χ1) is 12.8. The Kier molecular flexibility index (Phi) is 5.14. The van der Waals surface area contributed by atoms with Crippen LogP contribution in [0.4, 0.5) is 0 Å². The zero-order chi connectivity index (χ0) is 17.9. The van der Waals surface area contributed by atoms with Gasteiger partial charge in [0.15, 0.2) is 0 Å². The molecule has 0 radical (unpaired) electrons. The van der Waals surface area contributed by atoms with E-state index in [-0.39, 0.29) is 6.04 Å². The molecule has 0 amide bonds. The van der Waals surface area contributed by atoms with E-state index in [2.05, 4.69) is 71.1 Å². The summed E-state index contributed by atoms with van der Waals surface area (Å²) in [5, 5.41) is 0.854. The van der Waals surface area contributed by atoms with Crippen molar-refractivity contribution in [2.75, 3.05) is 6.54 Å². The van der Waals surface area contributed by atoms with Crippen molar-refractivity contribution in [3.63, 3.8) is 0 Å². The number of fused-ring (bicyclic) bond motifs is 1. The molecule has 0 spiro atoms. The summed E-state index contributed by atoms with van der Waals surface area (Å²) in [7, 11) is 0. The van der Waals surface area contributed by atoms with Crippen molar-refractivity contribution in [2.45, 2.75) is 38.9 Å². The predicted molar refractivity (Wildman–Crippen MR) is 109 cm³/mol. The Morgan fingerprint density at radius 2 is 1.77 bits per heavy atom. The first-order valence-electron chi connectivity index (χ1n) is 9.47. The lowest BCUT2D eigenvalue weighted by atomic mass is 9.99. The highest BCUT2D eigenvalue weighted by Gasteiger charge is 2.27. The summed E-state index contributed by atoms with van der Waals surface area (Å²) >= 11 is 6.46. The SMILES string of the molecule is CCc1ccc(C2c3cccn3CCCN2Cc2ccccc2Cl)cc1. The van der Waals surface area contributed by atoms with E-state index in [0.717, 1.165) is 37.5 Å². The third-order valence-corrected chi connectivity index (χ3v) is 5.76. The number of benzene rings is 2. The fourth-order valence-electron chi connectivity index (χ4n) is 3.97. The summed E-state index contributed by atoms with van der Waals surface area (Å²) in [5.74, 6) is 0. The highest BCUT2D eigenvalue weighted by Crippen LogP contribution is 2.34. The zero-order valence-electron chi connectivity index (χ0n) is 15.2. The van der Waals surface area contributed by atoms with Crippen LogP contribution in [0.3, 0.4) is 0 Å². The molecule has 3 aromatic rings. The van der Waals surface area contributed by atoms with E-state index >= 15 is 0 Å². The van der Waals surface area contributed by atoms with Gasteiger partial charge in [-0.2, -0.15) is 0 Å². The minimum absolute atomic E-state index is 0.259. The predicted octanol–water partition coefficient (Wildman–Crippen LogP) is 5.70. The molecule has 1 aliphatic rings. The lowest BCUT2D eigenvalue weighted by molar-refractivity contribution is 0.220. The van der Waals surface area contributed by atoms with E-state index in [0.29, 0.717) is 0 Å². The van der Waals surface area contributed by atoms with Crippen LogP contribution >= 0.6 is 11.6 Å². The molecule has 26 heavy (non-hydrogen) atoms. The summed E-state index contributed by atoms with van der Waals surface area (Å²) in [4.78, 5) is 2.57. The minimum Gasteiger partial charge on any atom is -0.350 e. The van der Waals surface area contributed by atoms with Gasteiger partial charge in [0.1, 0.15) is 0 Å². The smallest absolute Gasteiger partial charge is 0.0759 e. The second-order valence-corrected chi connectivity index (χ2v) is 7.45. The van der Waals surface area contributed by atoms with Crippen LogP contribution in [0.15, 0.2) is 66.9 Å². The van der Waals surface area contributed by atoms with Crippen molar-refractivity contribution in [1.82, 2.24) is 9.47 Å². The van der Waals surface area contributed by atoms with Gasteiger partial charge < -0.3 is 4.57 Å². The van der Waals surface area contributed by atoms with Gasteiger partial charge in [0, 0.05) is 36.5 Å². The van der Waals surface area contributed by atoms with Gasteiger partial charge >= 0.3 is 0 Å². The lowest BCUT2D eigenvalue weighted by Gasteiger charge is -2.31. The summed E-state index contributed by atoms with van der Waals surface area (Å²) in [6.07, 6.45) is 4.43. The Balaban J connectivity index is 1.74. The molecule has 0 bridgehead atoms. The van der Waals surface area contributed by atoms with Gasteiger partial charge in [-0.05, 0) is 47.7 Å². The fraction of sp³-hybridized carbons (Fsp3) is 0.304. The monoisotopic (exact) mass is 364 g/mol. The fourth-order valence-corrected chi connectivity index (χ4v) is 4.17. The Bertz CT molecular complexity index is 866. The largest absolute Gasteiger partial charge is 0.350 e. The lowest BCUT2D eigenvalue weighted by Crippen LogP contribution is -2.29. The van der Waals surface area contributed by atoms with Crippen LogP contribution in [0.2, 0.25) is 5.02 Å². The van der Waals surface area contributed by atoms with Gasteiger partial charge in [-0.3, -0.25) is 4.90 Å². The Morgan fingerprint density at radius 3 is 2.54 bits per heavy atom. The molecule has 134 valence electrons. The van der Waals surface area contributed by atoms with E-state index in [1.165, 1.54) is 22.4 Å². The molecule has 0 saturated heterocycles. The molecule has 3 heteroatoms. The number of hydrogen-bond acceptors (Lipinski definition) is 1. The van der Waals surface area contributed by atoms with E-state index in [1.54, 1.807) is 0 Å². The maximum absolute atomic E-state index is 6.46. The van der Waals surface area contributed by atoms with Crippen LogP contribution < -0.4 is 0 Å². The van der Waals surface area contributed by atoms with Crippen LogP contribution in [0.5, 0.6) is 0 Å². The molecule has 1 atom stereocenters. The Morgan fingerprint density at radius 1 is 0.962 bits per heavy atom. The van der Waals surface area contributed by atoms with Crippen molar-refractivity contribution < 1.29 is 0 Å². The molecule has 1 aliphatic heterocycles. The van der Waals surface area contributed by atoms with Crippen molar-refractivity contribution >= 4 is 11.6 Å². The molecule has 2 heterocycles. The number of hydrogen-bond donors (Lipinski definition) is 0. The topological polar surface area (TPSA) is 8.17 Å². The summed E-state index contributed by atoms with van der Waals surface area (Å²) in [6.45, 7) is 5.21. The van der Waals surface area contributed by atoms with Gasteiger partial charge in [0.05, 0.1) is 6.04 Å². The van der Waals surface area contributed by atoms with Crippen molar-refractivity contribution in [1.29, 1.82) is 0 Å². The van der Waals surface area contributed by atoms with Gasteiger partial charge in [-0.25, -0.2) is 0 Å². The summed E-state index contributed by atoms with van der Waals surface area (Å²) < 4.78 is 2.41. The normalized spacial score (nSPS) is 17.7. The molecule has 0 saturated carbocycles. The number of halogens is 1. The molecule has 0 N–H and O–H groups in total. The molecule has 0 fully saturated rings. The van der Waals surface area contributed by atoms with E-state index in [9.17, 15) is 0 Å². The molecular formula is C23H25ClN2. The molecular weight excluding hydrogens is 340 g/mol. The standard InChI is InChI=1S/C23H25ClN2/c1-2-18-10-12-19(13-11-18)23-22-9-5-14-25(22)15-6-16-26(23)17-20-7-3-4-8-21(20)24/h3-5,7-14,23H,2,6,15-17H2,1H3. The van der Waals surface area contributed by atoms with E-state index in [1.807, 2.05) is 12.1 Å². The maximum atomic E-state index is 6.46.